The lowest BCUT2D eigenvalue weighted by atomic mass is 9.81. The first-order chi connectivity index (χ1) is 15.4. The molecule has 5 rings (SSSR count). The zero-order valence-electron chi connectivity index (χ0n) is 18.5. The third-order valence-electron chi connectivity index (χ3n) is 7.52. The van der Waals surface area contributed by atoms with Gasteiger partial charge in [0.15, 0.2) is 0 Å². The highest BCUT2D eigenvalue weighted by Crippen LogP contribution is 2.72. The molecule has 2 bridgehead atoms. The van der Waals surface area contributed by atoms with Crippen LogP contribution in [0.5, 0.6) is 0 Å². The van der Waals surface area contributed by atoms with E-state index in [9.17, 15) is 9.59 Å². The van der Waals surface area contributed by atoms with Gasteiger partial charge in [0.1, 0.15) is 0 Å². The first-order valence-electron chi connectivity index (χ1n) is 11.5. The van der Waals surface area contributed by atoms with Gasteiger partial charge >= 0.3 is 0 Å². The molecule has 1 aromatic carbocycles. The minimum atomic E-state index is -0.320. The lowest BCUT2D eigenvalue weighted by molar-refractivity contribution is -0.132. The number of amides is 2. The average Bonchev–Trinajstić information content (AvgIpc) is 3.30. The number of aryl methyl sites for hydroxylation is 2. The largest absolute Gasteiger partial charge is 0.355 e. The summed E-state index contributed by atoms with van der Waals surface area (Å²) < 4.78 is 2.95. The zero-order chi connectivity index (χ0) is 22.5. The lowest BCUT2D eigenvalue weighted by Crippen LogP contribution is -2.42. The smallest absolute Gasteiger partial charge is 0.228 e. The molecule has 2 aromatic rings. The summed E-state index contributed by atoms with van der Waals surface area (Å²) in [5.74, 6) is -0.349. The molecule has 32 heavy (non-hydrogen) atoms. The Hall–Kier alpha value is -2.41. The summed E-state index contributed by atoms with van der Waals surface area (Å²) in [5.41, 5.74) is 3.01. The fraction of sp³-hybridized carbons (Fsp3) is 0.480. The number of carbonyl (C=O) groups excluding carboxylic acids is 2. The van der Waals surface area contributed by atoms with E-state index in [0.29, 0.717) is 6.54 Å². The number of halogens is 1. The topological polar surface area (TPSA) is 76.0 Å². The predicted molar refractivity (Wildman–Crippen MR) is 127 cm³/mol. The Morgan fingerprint density at radius 1 is 1.12 bits per heavy atom. The number of hydrogen-bond acceptors (Lipinski definition) is 3. The van der Waals surface area contributed by atoms with Crippen LogP contribution in [-0.4, -0.2) is 28.1 Å². The van der Waals surface area contributed by atoms with E-state index in [-0.39, 0.29) is 40.9 Å². The van der Waals surface area contributed by atoms with Gasteiger partial charge in [-0.15, -0.1) is 0 Å². The van der Waals surface area contributed by atoms with E-state index in [1.54, 1.807) is 0 Å². The van der Waals surface area contributed by atoms with Gasteiger partial charge in [0.05, 0.1) is 17.5 Å². The van der Waals surface area contributed by atoms with Crippen LogP contribution in [0.4, 0.5) is 5.69 Å². The van der Waals surface area contributed by atoms with Crippen molar-refractivity contribution >= 4 is 33.4 Å². The number of rotatable bonds is 7. The van der Waals surface area contributed by atoms with Crippen LogP contribution >= 0.6 is 15.9 Å². The normalized spacial score (nSPS) is 26.5. The minimum absolute atomic E-state index is 0.00312. The van der Waals surface area contributed by atoms with Crippen LogP contribution in [0, 0.1) is 36.0 Å². The molecule has 1 aromatic heterocycles. The van der Waals surface area contributed by atoms with E-state index < -0.39 is 0 Å². The molecule has 2 saturated carbocycles. The molecule has 4 atom stereocenters. The number of carbonyl (C=O) groups is 2. The van der Waals surface area contributed by atoms with E-state index in [4.69, 9.17) is 0 Å². The van der Waals surface area contributed by atoms with E-state index in [1.807, 2.05) is 35.9 Å². The van der Waals surface area contributed by atoms with Crippen LogP contribution in [0.2, 0.25) is 0 Å². The van der Waals surface area contributed by atoms with Crippen LogP contribution in [0.3, 0.4) is 0 Å². The van der Waals surface area contributed by atoms with Crippen molar-refractivity contribution in [2.45, 2.75) is 39.7 Å². The zero-order valence-corrected chi connectivity index (χ0v) is 20.1. The number of nitrogens with zero attached hydrogens (tertiary/aromatic N) is 2. The maximum atomic E-state index is 13.4. The Bertz CT molecular complexity index is 1070. The summed E-state index contributed by atoms with van der Waals surface area (Å²) in [6, 6.07) is 9.65. The molecular formula is C25H29BrN4O2. The van der Waals surface area contributed by atoms with Gasteiger partial charge in [-0.1, -0.05) is 28.1 Å². The maximum Gasteiger partial charge on any atom is 0.228 e. The van der Waals surface area contributed by atoms with Crippen LogP contribution < -0.4 is 10.6 Å². The van der Waals surface area contributed by atoms with Gasteiger partial charge < -0.3 is 10.6 Å². The average molecular weight is 497 g/mol. The molecule has 168 valence electrons. The Balaban J connectivity index is 1.29. The van der Waals surface area contributed by atoms with Crippen molar-refractivity contribution < 1.29 is 9.59 Å². The molecule has 2 amide bonds. The summed E-state index contributed by atoms with van der Waals surface area (Å²) in [6.45, 7) is 5.42. The molecule has 0 unspecified atom stereocenters. The summed E-state index contributed by atoms with van der Waals surface area (Å²) in [6.07, 6.45) is 7.33. The Morgan fingerprint density at radius 3 is 2.41 bits per heavy atom. The predicted octanol–water partition coefficient (Wildman–Crippen LogP) is 4.10. The Kier molecular flexibility index (Phi) is 5.48. The quantitative estimate of drug-likeness (QED) is 0.566. The molecule has 3 aliphatic rings. The van der Waals surface area contributed by atoms with Crippen LogP contribution in [-0.2, 0) is 22.6 Å². The second-order valence-corrected chi connectivity index (χ2v) is 10.3. The van der Waals surface area contributed by atoms with Gasteiger partial charge in [-0.25, -0.2) is 0 Å². The SMILES string of the molecule is CCn1nc(C)cc1CCNC(=O)[C@H]1[C@H](C(=O)Nc2ccc(Br)cc2)[C@@H]2C=C[C@H]1C21CC1. The Morgan fingerprint density at radius 2 is 1.78 bits per heavy atom. The second-order valence-electron chi connectivity index (χ2n) is 9.35. The van der Waals surface area contributed by atoms with Crippen molar-refractivity contribution in [1.82, 2.24) is 15.1 Å². The molecule has 0 saturated heterocycles. The molecule has 7 heteroatoms. The first-order valence-corrected chi connectivity index (χ1v) is 12.3. The van der Waals surface area contributed by atoms with Gasteiger partial charge in [-0.05, 0) is 74.3 Å². The van der Waals surface area contributed by atoms with E-state index in [2.05, 4.69) is 56.8 Å². The molecule has 6 nitrogen and oxygen atoms in total. The van der Waals surface area contributed by atoms with Crippen LogP contribution in [0.1, 0.15) is 31.2 Å². The molecule has 2 N–H and O–H groups in total. The van der Waals surface area contributed by atoms with Gasteiger partial charge in [0, 0.05) is 35.4 Å². The molecule has 1 spiro atoms. The van der Waals surface area contributed by atoms with Crippen LogP contribution in [0.15, 0.2) is 47.0 Å². The number of aromatic nitrogens is 2. The van der Waals surface area contributed by atoms with Gasteiger partial charge in [-0.3, -0.25) is 14.3 Å². The van der Waals surface area contributed by atoms with Crippen molar-refractivity contribution in [2.24, 2.45) is 29.1 Å². The molecular weight excluding hydrogens is 468 g/mol. The summed E-state index contributed by atoms with van der Waals surface area (Å²) in [7, 11) is 0. The van der Waals surface area contributed by atoms with Gasteiger partial charge in [0.25, 0.3) is 0 Å². The van der Waals surface area contributed by atoms with E-state index in [1.165, 1.54) is 0 Å². The van der Waals surface area contributed by atoms with Gasteiger partial charge in [-0.2, -0.15) is 5.10 Å². The molecule has 1 heterocycles. The Labute approximate surface area is 197 Å². The summed E-state index contributed by atoms with van der Waals surface area (Å²) >= 11 is 3.43. The number of anilines is 1. The number of allylic oxidation sites excluding steroid dienone is 2. The third kappa shape index (κ3) is 3.60. The third-order valence-corrected chi connectivity index (χ3v) is 8.05. The standard InChI is InChI=1S/C25H29BrN4O2/c1-3-30-18(14-15(2)29-30)10-13-27-23(31)21-19-8-9-20(25(19)11-12-25)22(21)24(32)28-17-6-4-16(26)5-7-17/h4-9,14,19-22H,3,10-13H2,1-2H3,(H,27,31)(H,28,32)/t19-,20+,21-,22-/m1/s1. The number of benzene rings is 1. The van der Waals surface area contributed by atoms with Crippen molar-refractivity contribution in [3.8, 4) is 0 Å². The highest BCUT2D eigenvalue weighted by molar-refractivity contribution is 9.10. The van der Waals surface area contributed by atoms with Crippen LogP contribution in [0.25, 0.3) is 0 Å². The monoisotopic (exact) mass is 496 g/mol. The summed E-state index contributed by atoms with van der Waals surface area (Å²) in [4.78, 5) is 26.7. The fourth-order valence-corrected chi connectivity index (χ4v) is 6.24. The lowest BCUT2D eigenvalue weighted by Gasteiger charge is -2.26. The molecule has 0 radical (unpaired) electrons. The second kappa shape index (κ2) is 8.18. The van der Waals surface area contributed by atoms with Crippen molar-refractivity contribution in [3.63, 3.8) is 0 Å². The number of hydrogen-bond donors (Lipinski definition) is 2. The van der Waals surface area contributed by atoms with Gasteiger partial charge in [0.2, 0.25) is 11.8 Å². The first kappa shape index (κ1) is 21.4. The molecule has 3 aliphatic carbocycles. The maximum absolute atomic E-state index is 13.4. The van der Waals surface area contributed by atoms with Crippen molar-refractivity contribution in [1.29, 1.82) is 0 Å². The molecule has 0 aliphatic heterocycles. The van der Waals surface area contributed by atoms with E-state index >= 15 is 0 Å². The molecule has 2 fully saturated rings. The number of nitrogens with one attached hydrogen (secondary N) is 2. The minimum Gasteiger partial charge on any atom is -0.355 e. The summed E-state index contributed by atoms with van der Waals surface area (Å²) in [5, 5.41) is 10.7. The van der Waals surface area contributed by atoms with Crippen molar-refractivity contribution in [2.75, 3.05) is 11.9 Å². The fourth-order valence-electron chi connectivity index (χ4n) is 5.97. The highest BCUT2D eigenvalue weighted by atomic mass is 79.9. The highest BCUT2D eigenvalue weighted by Gasteiger charge is 2.69. The van der Waals surface area contributed by atoms with Crippen molar-refractivity contribution in [3.05, 3.63) is 58.3 Å². The van der Waals surface area contributed by atoms with E-state index in [0.717, 1.165) is 47.4 Å².